The van der Waals surface area contributed by atoms with E-state index in [-0.39, 0.29) is 0 Å². The number of thiophene rings is 1. The fraction of sp³-hybridized carbons (Fsp3) is 0.0118. The maximum atomic E-state index is 6.18. The van der Waals surface area contributed by atoms with Crippen molar-refractivity contribution in [3.8, 4) is 55.6 Å². The van der Waals surface area contributed by atoms with Crippen LogP contribution in [0.1, 0.15) is 22.3 Å². The van der Waals surface area contributed by atoms with Gasteiger partial charge in [-0.15, -0.1) is 11.3 Å². The summed E-state index contributed by atoms with van der Waals surface area (Å²) in [6, 6.07) is 125. The summed E-state index contributed by atoms with van der Waals surface area (Å²) in [6.07, 6.45) is 0. The Morgan fingerprint density at radius 3 is 1.48 bits per heavy atom. The highest BCUT2D eigenvalue weighted by molar-refractivity contribution is 7.25. The van der Waals surface area contributed by atoms with Gasteiger partial charge < -0.3 is 14.2 Å². The highest BCUT2D eigenvalue weighted by Gasteiger charge is 2.46. The number of fused-ring (bicyclic) bond motifs is 9. The summed E-state index contributed by atoms with van der Waals surface area (Å²) in [6.45, 7) is 0. The first kappa shape index (κ1) is 52.1. The standard InChI is InChI=1S/C85H56N2OS/c1-6-21-57(22-7-1)61-39-47-80(73(52-61)59-23-8-2-9-24-59)87(69-44-46-79-74(55-69)71-33-16-18-35-78(71)85(79,64-26-10-3-11-27-64)65-28-12-4-13-29-65)70-45-50-84-77(56-70)76-54-63(41-49-83(76)89-84)60-25-20-32-68(51-60)86(66-30-14-5-15-31-66)67-42-37-58(38-43-67)62-40-48-82-75(53-62)72-34-17-19-36-81(72)88-82/h1-56H. The number of anilines is 6. The Bertz CT molecular complexity index is 5270. The fourth-order valence-electron chi connectivity index (χ4n) is 14.0. The van der Waals surface area contributed by atoms with E-state index in [4.69, 9.17) is 4.42 Å². The van der Waals surface area contributed by atoms with Crippen LogP contribution in [-0.2, 0) is 5.41 Å². The van der Waals surface area contributed by atoms with E-state index < -0.39 is 5.41 Å². The largest absolute Gasteiger partial charge is 0.456 e. The molecule has 16 aromatic rings. The van der Waals surface area contributed by atoms with Gasteiger partial charge in [0.05, 0.1) is 11.1 Å². The fourth-order valence-corrected chi connectivity index (χ4v) is 15.1. The van der Waals surface area contributed by atoms with Gasteiger partial charge in [0.1, 0.15) is 11.2 Å². The number of benzene rings is 14. The smallest absolute Gasteiger partial charge is 0.135 e. The third-order valence-corrected chi connectivity index (χ3v) is 19.3. The Morgan fingerprint density at radius 2 is 0.719 bits per heavy atom. The van der Waals surface area contributed by atoms with Crippen LogP contribution in [0.3, 0.4) is 0 Å². The van der Waals surface area contributed by atoms with Gasteiger partial charge in [-0.3, -0.25) is 0 Å². The molecule has 0 saturated heterocycles. The molecule has 0 saturated carbocycles. The van der Waals surface area contributed by atoms with Crippen molar-refractivity contribution in [2.75, 3.05) is 9.80 Å². The van der Waals surface area contributed by atoms with Gasteiger partial charge in [-0.1, -0.05) is 231 Å². The summed E-state index contributed by atoms with van der Waals surface area (Å²) in [4.78, 5) is 4.86. The van der Waals surface area contributed by atoms with E-state index in [1.54, 1.807) is 0 Å². The minimum Gasteiger partial charge on any atom is -0.456 e. The second-order valence-corrected chi connectivity index (χ2v) is 24.2. The lowest BCUT2D eigenvalue weighted by Crippen LogP contribution is -2.28. The summed E-state index contributed by atoms with van der Waals surface area (Å²) in [5.74, 6) is 0. The summed E-state index contributed by atoms with van der Waals surface area (Å²) in [5.41, 5.74) is 24.6. The Labute approximate surface area is 521 Å². The first-order valence-corrected chi connectivity index (χ1v) is 31.3. The lowest BCUT2D eigenvalue weighted by atomic mass is 9.68. The lowest BCUT2D eigenvalue weighted by molar-refractivity contribution is 0.669. The monoisotopic (exact) mass is 1150 g/mol. The molecule has 1 aliphatic carbocycles. The van der Waals surface area contributed by atoms with Gasteiger partial charge in [0.15, 0.2) is 0 Å². The van der Waals surface area contributed by atoms with Gasteiger partial charge in [0, 0.05) is 64.9 Å². The van der Waals surface area contributed by atoms with Crippen LogP contribution in [0.15, 0.2) is 344 Å². The quantitative estimate of drug-likeness (QED) is 0.122. The maximum absolute atomic E-state index is 6.18. The summed E-state index contributed by atoms with van der Waals surface area (Å²) >= 11 is 1.85. The zero-order chi connectivity index (χ0) is 58.8. The molecule has 3 nitrogen and oxygen atoms in total. The molecule has 0 unspecified atom stereocenters. The molecule has 0 spiro atoms. The number of furan rings is 1. The Kier molecular flexibility index (Phi) is 12.6. The molecule has 89 heavy (non-hydrogen) atoms. The molecule has 0 N–H and O–H groups in total. The molecule has 0 amide bonds. The number of hydrogen-bond donors (Lipinski definition) is 0. The number of hydrogen-bond acceptors (Lipinski definition) is 4. The van der Waals surface area contributed by atoms with E-state index in [0.29, 0.717) is 0 Å². The van der Waals surface area contributed by atoms with Gasteiger partial charge in [-0.05, 0) is 182 Å². The topological polar surface area (TPSA) is 19.6 Å². The number of rotatable bonds is 12. The highest BCUT2D eigenvalue weighted by atomic mass is 32.1. The summed E-state index contributed by atoms with van der Waals surface area (Å²) < 4.78 is 8.67. The molecule has 1 aliphatic rings. The van der Waals surface area contributed by atoms with Crippen LogP contribution in [0.25, 0.3) is 97.7 Å². The van der Waals surface area contributed by atoms with Crippen molar-refractivity contribution in [2.45, 2.75) is 5.41 Å². The molecule has 418 valence electrons. The molecule has 14 aromatic carbocycles. The molecule has 0 fully saturated rings. The third kappa shape index (κ3) is 8.87. The maximum Gasteiger partial charge on any atom is 0.135 e. The zero-order valence-corrected chi connectivity index (χ0v) is 49.4. The van der Waals surface area contributed by atoms with E-state index in [1.165, 1.54) is 64.7 Å². The van der Waals surface area contributed by atoms with Gasteiger partial charge >= 0.3 is 0 Å². The molecule has 0 radical (unpaired) electrons. The van der Waals surface area contributed by atoms with Gasteiger partial charge in [0.25, 0.3) is 0 Å². The molecule has 0 atom stereocenters. The predicted octanol–water partition coefficient (Wildman–Crippen LogP) is 23.9. The minimum absolute atomic E-state index is 0.518. The first-order valence-electron chi connectivity index (χ1n) is 30.4. The van der Waals surface area contributed by atoms with E-state index in [1.807, 2.05) is 23.5 Å². The molecule has 2 heterocycles. The Balaban J connectivity index is 0.800. The van der Waals surface area contributed by atoms with E-state index >= 15 is 0 Å². The average Bonchev–Trinajstić information content (AvgIpc) is 1.57. The summed E-state index contributed by atoms with van der Waals surface area (Å²) in [5, 5.41) is 4.70. The first-order chi connectivity index (χ1) is 44.1. The van der Waals surface area contributed by atoms with E-state index in [9.17, 15) is 0 Å². The van der Waals surface area contributed by atoms with Crippen LogP contribution in [0.5, 0.6) is 0 Å². The third-order valence-electron chi connectivity index (χ3n) is 18.1. The molecule has 0 bridgehead atoms. The van der Waals surface area contributed by atoms with Gasteiger partial charge in [-0.25, -0.2) is 0 Å². The minimum atomic E-state index is -0.518. The number of nitrogens with zero attached hydrogens (tertiary/aromatic N) is 2. The highest BCUT2D eigenvalue weighted by Crippen LogP contribution is 2.58. The van der Waals surface area contributed by atoms with Crippen LogP contribution >= 0.6 is 11.3 Å². The van der Waals surface area contributed by atoms with Gasteiger partial charge in [-0.2, -0.15) is 0 Å². The lowest BCUT2D eigenvalue weighted by Gasteiger charge is -2.34. The van der Waals surface area contributed by atoms with Crippen LogP contribution < -0.4 is 9.80 Å². The molecular formula is C85H56N2OS. The van der Waals surface area contributed by atoms with Crippen LogP contribution in [0.4, 0.5) is 34.1 Å². The molecule has 0 aliphatic heterocycles. The Morgan fingerprint density at radius 1 is 0.247 bits per heavy atom. The van der Waals surface area contributed by atoms with Crippen LogP contribution in [-0.4, -0.2) is 0 Å². The molecular weight excluding hydrogens is 1100 g/mol. The molecule has 4 heteroatoms. The van der Waals surface area contributed by atoms with E-state index in [0.717, 1.165) is 89.4 Å². The van der Waals surface area contributed by atoms with Gasteiger partial charge in [0.2, 0.25) is 0 Å². The molecule has 2 aromatic heterocycles. The van der Waals surface area contributed by atoms with Crippen LogP contribution in [0, 0.1) is 0 Å². The van der Waals surface area contributed by atoms with Crippen molar-refractivity contribution < 1.29 is 4.42 Å². The van der Waals surface area contributed by atoms with Crippen molar-refractivity contribution in [1.29, 1.82) is 0 Å². The average molecular weight is 1150 g/mol. The second-order valence-electron chi connectivity index (χ2n) is 23.1. The number of para-hydroxylation sites is 2. The van der Waals surface area contributed by atoms with Crippen molar-refractivity contribution in [1.82, 2.24) is 0 Å². The van der Waals surface area contributed by atoms with Crippen molar-refractivity contribution >= 4 is 87.6 Å². The van der Waals surface area contributed by atoms with Crippen LogP contribution in [0.2, 0.25) is 0 Å². The SMILES string of the molecule is c1ccc(-c2ccc(N(c3ccc4c(c3)-c3ccccc3C4(c3ccccc3)c3ccccc3)c3ccc4sc5ccc(-c6cccc(N(c7ccccc7)c7ccc(-c8ccc9oc%10ccccc%10c9c8)cc7)c6)cc5c4c3)c(-c3ccccc3)c2)cc1. The summed E-state index contributed by atoms with van der Waals surface area (Å²) in [7, 11) is 0. The van der Waals surface area contributed by atoms with E-state index in [2.05, 4.69) is 337 Å². The predicted molar refractivity (Wildman–Crippen MR) is 375 cm³/mol. The van der Waals surface area contributed by atoms with Crippen molar-refractivity contribution in [2.24, 2.45) is 0 Å². The Hall–Kier alpha value is -11.3. The zero-order valence-electron chi connectivity index (χ0n) is 48.5. The second kappa shape index (κ2) is 21.6. The molecule has 17 rings (SSSR count). The van der Waals surface area contributed by atoms with Crippen molar-refractivity contribution in [3.63, 3.8) is 0 Å². The van der Waals surface area contributed by atoms with Crippen molar-refractivity contribution in [3.05, 3.63) is 362 Å². The normalized spacial score (nSPS) is 12.4.